The van der Waals surface area contributed by atoms with Gasteiger partial charge in [-0.1, -0.05) is 35.9 Å². The fourth-order valence-electron chi connectivity index (χ4n) is 5.80. The van der Waals surface area contributed by atoms with Crippen molar-refractivity contribution in [3.8, 4) is 17.4 Å². The van der Waals surface area contributed by atoms with Crippen LogP contribution in [0.4, 0.5) is 18.9 Å². The molecule has 6 rings (SSSR count). The highest BCUT2D eigenvalue weighted by Crippen LogP contribution is 2.52. The quantitative estimate of drug-likeness (QED) is 0.117. The molecule has 5 atom stereocenters. The molecular weight excluding hydrogens is 719 g/mol. The molecule has 1 saturated heterocycles. The number of hydrogen-bond donors (Lipinski definition) is 6. The Hall–Kier alpha value is -5.33. The van der Waals surface area contributed by atoms with Gasteiger partial charge < -0.3 is 49.5 Å². The highest BCUT2D eigenvalue weighted by atomic mass is 19.4. The Labute approximate surface area is 304 Å². The number of ether oxygens (including phenoxy) is 3. The second-order valence-electron chi connectivity index (χ2n) is 13.1. The zero-order chi connectivity index (χ0) is 39.1. The maximum atomic E-state index is 14.0. The summed E-state index contributed by atoms with van der Waals surface area (Å²) >= 11 is 0. The van der Waals surface area contributed by atoms with E-state index in [1.54, 1.807) is 0 Å². The molecule has 0 unspecified atom stereocenters. The minimum absolute atomic E-state index is 0.00999. The molecule has 3 aromatic carbocycles. The number of aryl methyl sites for hydroxylation is 1. The lowest BCUT2D eigenvalue weighted by molar-refractivity contribution is -0.277. The van der Waals surface area contributed by atoms with E-state index in [0.29, 0.717) is 17.5 Å². The fraction of sp³-hybridized carbons (Fsp3) is 0.351. The highest BCUT2D eigenvalue weighted by Gasteiger charge is 2.65. The van der Waals surface area contributed by atoms with Gasteiger partial charge in [0.1, 0.15) is 48.1 Å². The molecule has 0 spiro atoms. The molecule has 286 valence electrons. The monoisotopic (exact) mass is 755 g/mol. The summed E-state index contributed by atoms with van der Waals surface area (Å²) in [5.41, 5.74) is -1.98. The van der Waals surface area contributed by atoms with Crippen molar-refractivity contribution in [1.82, 2.24) is 0 Å². The molecule has 0 radical (unpaired) electrons. The Bertz CT molecular complexity index is 2170. The average molecular weight is 756 g/mol. The Balaban J connectivity index is 1.35. The number of alkyl halides is 3. The highest BCUT2D eigenvalue weighted by molar-refractivity contribution is 6.06. The van der Waals surface area contributed by atoms with Crippen LogP contribution < -0.4 is 20.2 Å². The third kappa shape index (κ3) is 7.40. The zero-order valence-corrected chi connectivity index (χ0v) is 29.0. The predicted octanol–water partition coefficient (Wildman–Crippen LogP) is 4.51. The van der Waals surface area contributed by atoms with Gasteiger partial charge in [0.25, 0.3) is 5.91 Å². The van der Waals surface area contributed by atoms with Crippen LogP contribution in [0.2, 0.25) is 0 Å². The molecular formula is C37H36F3N3O11. The number of aliphatic hydroxyl groups excluding tert-OH is 4. The number of nitrogens with zero attached hydrogens (tertiary/aromatic N) is 2. The Kier molecular flexibility index (Phi) is 10.5. The van der Waals surface area contributed by atoms with Crippen LogP contribution in [-0.4, -0.2) is 74.9 Å². The molecule has 1 aromatic heterocycles. The number of carbonyl (C=O) groups is 1. The number of phenolic OH excluding ortho intramolecular Hbond substituents is 1. The van der Waals surface area contributed by atoms with Gasteiger partial charge >= 0.3 is 17.8 Å². The van der Waals surface area contributed by atoms with Crippen molar-refractivity contribution in [2.24, 2.45) is 10.2 Å². The second kappa shape index (κ2) is 14.8. The number of allylic oxidation sites excluding steroid dienone is 2. The molecule has 4 aromatic rings. The van der Waals surface area contributed by atoms with E-state index in [1.807, 2.05) is 19.9 Å². The zero-order valence-electron chi connectivity index (χ0n) is 29.0. The largest absolute Gasteiger partial charge is 0.508 e. The summed E-state index contributed by atoms with van der Waals surface area (Å²) in [6.07, 6.45) is -10.4. The topological polar surface area (TPSA) is 213 Å². The van der Waals surface area contributed by atoms with E-state index >= 15 is 0 Å². The maximum absolute atomic E-state index is 14.0. The van der Waals surface area contributed by atoms with Gasteiger partial charge in [0.2, 0.25) is 11.7 Å². The van der Waals surface area contributed by atoms with Crippen molar-refractivity contribution in [3.63, 3.8) is 0 Å². The van der Waals surface area contributed by atoms with Crippen molar-refractivity contribution < 1.29 is 62.1 Å². The summed E-state index contributed by atoms with van der Waals surface area (Å²) in [6.45, 7) is 4.24. The summed E-state index contributed by atoms with van der Waals surface area (Å²) in [7, 11) is 0. The number of nitrogens with one attached hydrogen (secondary N) is 1. The number of aliphatic hydroxyl groups is 4. The van der Waals surface area contributed by atoms with E-state index in [-0.39, 0.29) is 45.8 Å². The molecule has 2 aliphatic heterocycles. The molecule has 2 aliphatic rings. The number of halogens is 3. The van der Waals surface area contributed by atoms with Gasteiger partial charge in [0.15, 0.2) is 5.69 Å². The summed E-state index contributed by atoms with van der Waals surface area (Å²) in [5.74, 6) is -1.24. The van der Waals surface area contributed by atoms with Gasteiger partial charge in [-0.05, 0) is 68.7 Å². The first-order chi connectivity index (χ1) is 25.5. The summed E-state index contributed by atoms with van der Waals surface area (Å²) < 4.78 is 63.7. The number of hydrogen-bond acceptors (Lipinski definition) is 13. The molecule has 0 aliphatic carbocycles. The van der Waals surface area contributed by atoms with Crippen molar-refractivity contribution >= 4 is 22.6 Å². The van der Waals surface area contributed by atoms with Crippen LogP contribution in [0, 0.1) is 6.92 Å². The first kappa shape index (κ1) is 38.4. The van der Waals surface area contributed by atoms with E-state index in [4.69, 9.17) is 18.6 Å². The van der Waals surface area contributed by atoms with Crippen LogP contribution in [0.25, 0.3) is 11.0 Å². The molecule has 3 heterocycles. The lowest BCUT2D eigenvalue weighted by Crippen LogP contribution is -2.60. The van der Waals surface area contributed by atoms with Crippen LogP contribution in [-0.2, 0) is 23.4 Å². The number of fused-ring (bicyclic) bond motifs is 1. The van der Waals surface area contributed by atoms with Crippen molar-refractivity contribution in [2.45, 2.75) is 76.3 Å². The van der Waals surface area contributed by atoms with Crippen LogP contribution in [0.1, 0.15) is 46.5 Å². The van der Waals surface area contributed by atoms with Gasteiger partial charge in [-0.15, -0.1) is 10.2 Å². The molecule has 0 bridgehead atoms. The van der Waals surface area contributed by atoms with Crippen LogP contribution >= 0.6 is 0 Å². The van der Waals surface area contributed by atoms with E-state index in [2.05, 4.69) is 15.5 Å². The number of anilines is 1. The molecule has 14 nitrogen and oxygen atoms in total. The smallest absolute Gasteiger partial charge is 0.442 e. The lowest BCUT2D eigenvalue weighted by atomic mass is 9.99. The minimum atomic E-state index is -4.72. The SMILES string of the molecule is CC(C)=CCc1cc(C(=O)Nc2c(OCc3ccc(C4(C(F)(F)F)N=N4)cc3)oc3c(C)c(O[C@@H]4O[C@H](CO)[C@@H](O)[C@H](O)[C@H]4O)ccc3c2=O)ccc1O. The molecule has 1 fully saturated rings. The van der Waals surface area contributed by atoms with Gasteiger partial charge in [0, 0.05) is 16.7 Å². The van der Waals surface area contributed by atoms with E-state index in [1.165, 1.54) is 61.5 Å². The summed E-state index contributed by atoms with van der Waals surface area (Å²) in [5, 5.41) is 59.6. The summed E-state index contributed by atoms with van der Waals surface area (Å²) in [6, 6.07) is 11.9. The second-order valence-corrected chi connectivity index (χ2v) is 13.1. The minimum Gasteiger partial charge on any atom is -0.508 e. The van der Waals surface area contributed by atoms with Gasteiger partial charge in [-0.25, -0.2) is 0 Å². The van der Waals surface area contributed by atoms with E-state index in [0.717, 1.165) is 5.57 Å². The molecule has 54 heavy (non-hydrogen) atoms. The van der Waals surface area contributed by atoms with Crippen molar-refractivity contribution in [2.75, 3.05) is 11.9 Å². The molecule has 17 heteroatoms. The third-order valence-corrected chi connectivity index (χ3v) is 9.05. The molecule has 1 amide bonds. The first-order valence-electron chi connectivity index (χ1n) is 16.6. The summed E-state index contributed by atoms with van der Waals surface area (Å²) in [4.78, 5) is 27.6. The predicted molar refractivity (Wildman–Crippen MR) is 184 cm³/mol. The fourth-order valence-corrected chi connectivity index (χ4v) is 5.80. The van der Waals surface area contributed by atoms with E-state index < -0.39 is 72.1 Å². The van der Waals surface area contributed by atoms with Crippen LogP contribution in [0.15, 0.2) is 85.7 Å². The van der Waals surface area contributed by atoms with Gasteiger partial charge in [0.05, 0.1) is 12.0 Å². The third-order valence-electron chi connectivity index (χ3n) is 9.05. The number of carbonyl (C=O) groups excluding carboxylic acids is 1. The number of aromatic hydroxyl groups is 1. The van der Waals surface area contributed by atoms with Crippen LogP contribution in [0.5, 0.6) is 17.4 Å². The lowest BCUT2D eigenvalue weighted by Gasteiger charge is -2.39. The van der Waals surface area contributed by atoms with Crippen molar-refractivity contribution in [1.29, 1.82) is 0 Å². The van der Waals surface area contributed by atoms with Crippen molar-refractivity contribution in [3.05, 3.63) is 104 Å². The maximum Gasteiger partial charge on any atom is 0.442 e. The Morgan fingerprint density at radius 1 is 1.02 bits per heavy atom. The van der Waals surface area contributed by atoms with Gasteiger partial charge in [-0.3, -0.25) is 9.59 Å². The van der Waals surface area contributed by atoms with Crippen LogP contribution in [0.3, 0.4) is 0 Å². The molecule has 6 N–H and O–H groups in total. The number of benzene rings is 3. The van der Waals surface area contributed by atoms with Gasteiger partial charge in [-0.2, -0.15) is 13.2 Å². The average Bonchev–Trinajstić information content (AvgIpc) is 3.96. The number of phenols is 1. The first-order valence-corrected chi connectivity index (χ1v) is 16.6. The standard InChI is InChI=1S/C37H36F3N3O11/c1-17(2)4-7-20-14-21(8-12-24(20)45)33(50)41-27-28(46)23-11-13-25(52-35-31(49)30(48)29(47)26(15-44)53-35)18(3)32(23)54-34(27)51-16-19-5-9-22(10-6-19)36(42-43-36)37(38,39)40/h4-6,8-14,26,29-31,35,44-45,47-49H,7,15-16H2,1-3H3,(H,41,50)/t26-,29-,30+,31-,35-/m1/s1. The molecule has 0 saturated carbocycles. The Morgan fingerprint density at radius 2 is 1.72 bits per heavy atom. The van der Waals surface area contributed by atoms with E-state index in [9.17, 15) is 48.3 Å². The normalized spacial score (nSPS) is 21.8. The number of rotatable bonds is 11. The number of amides is 1. The Morgan fingerprint density at radius 3 is 2.35 bits per heavy atom.